The Balaban J connectivity index is 1.70. The summed E-state index contributed by atoms with van der Waals surface area (Å²) < 4.78 is 11.3. The van der Waals surface area contributed by atoms with Crippen LogP contribution in [-0.4, -0.2) is 13.3 Å². The normalized spacial score (nSPS) is 10.7. The number of ether oxygens (including phenoxy) is 2. The van der Waals surface area contributed by atoms with Crippen LogP contribution in [0, 0.1) is 6.92 Å². The summed E-state index contributed by atoms with van der Waals surface area (Å²) in [5.74, 6) is 1.39. The summed E-state index contributed by atoms with van der Waals surface area (Å²) in [6.07, 6.45) is 1.77. The largest absolute Gasteiger partial charge is 0.493 e. The molecule has 0 radical (unpaired) electrons. The second-order valence-corrected chi connectivity index (χ2v) is 5.87. The van der Waals surface area contributed by atoms with Crippen LogP contribution in [0.15, 0.2) is 77.9 Å². The fourth-order valence-electron chi connectivity index (χ4n) is 2.50. The first-order chi connectivity index (χ1) is 12.8. The maximum atomic E-state index is 5.93. The highest BCUT2D eigenvalue weighted by molar-refractivity contribution is 5.81. The van der Waals surface area contributed by atoms with E-state index in [4.69, 9.17) is 9.47 Å². The zero-order valence-corrected chi connectivity index (χ0v) is 15.0. The molecule has 4 heteroatoms. The van der Waals surface area contributed by atoms with E-state index in [0.717, 1.165) is 22.4 Å². The van der Waals surface area contributed by atoms with E-state index in [1.165, 1.54) is 0 Å². The number of benzene rings is 3. The molecule has 0 unspecified atom stereocenters. The number of nitrogens with zero attached hydrogens (tertiary/aromatic N) is 1. The smallest absolute Gasteiger partial charge is 0.162 e. The second kappa shape index (κ2) is 8.72. The van der Waals surface area contributed by atoms with Gasteiger partial charge in [0.05, 0.1) is 19.0 Å². The minimum atomic E-state index is 0.485. The molecule has 0 aliphatic rings. The highest BCUT2D eigenvalue weighted by Gasteiger charge is 2.05. The van der Waals surface area contributed by atoms with E-state index in [1.807, 2.05) is 79.7 Å². The van der Waals surface area contributed by atoms with Gasteiger partial charge in [-0.15, -0.1) is 0 Å². The Labute approximate surface area is 154 Å². The lowest BCUT2D eigenvalue weighted by atomic mass is 10.2. The summed E-state index contributed by atoms with van der Waals surface area (Å²) >= 11 is 0. The summed E-state index contributed by atoms with van der Waals surface area (Å²) in [6, 6.07) is 23.8. The Morgan fingerprint density at radius 1 is 0.923 bits per heavy atom. The molecule has 0 aliphatic heterocycles. The summed E-state index contributed by atoms with van der Waals surface area (Å²) in [5, 5.41) is 4.32. The molecule has 1 N–H and O–H groups in total. The van der Waals surface area contributed by atoms with Crippen LogP contribution in [0.4, 0.5) is 5.69 Å². The standard InChI is InChI=1S/C22H22N2O2/c1-17-8-6-7-11-20(17)24-23-15-19-12-13-21(25-2)22(14-19)26-16-18-9-4-3-5-10-18/h3-15,24H,16H2,1-2H3. The van der Waals surface area contributed by atoms with Gasteiger partial charge in [0, 0.05) is 0 Å². The van der Waals surface area contributed by atoms with Crippen molar-refractivity contribution in [3.8, 4) is 11.5 Å². The van der Waals surface area contributed by atoms with Crippen molar-refractivity contribution in [1.82, 2.24) is 0 Å². The molecular formula is C22H22N2O2. The predicted molar refractivity (Wildman–Crippen MR) is 106 cm³/mol. The zero-order valence-electron chi connectivity index (χ0n) is 15.0. The van der Waals surface area contributed by atoms with Gasteiger partial charge in [-0.3, -0.25) is 5.43 Å². The van der Waals surface area contributed by atoms with Gasteiger partial charge < -0.3 is 9.47 Å². The molecule has 0 spiro atoms. The third-order valence-corrected chi connectivity index (χ3v) is 3.97. The molecule has 4 nitrogen and oxygen atoms in total. The van der Waals surface area contributed by atoms with Crippen molar-refractivity contribution in [3.05, 3.63) is 89.5 Å². The molecule has 0 aliphatic carbocycles. The SMILES string of the molecule is COc1ccc(C=NNc2ccccc2C)cc1OCc1ccccc1. The Hall–Kier alpha value is -3.27. The van der Waals surface area contributed by atoms with Crippen molar-refractivity contribution >= 4 is 11.9 Å². The molecule has 0 bridgehead atoms. The summed E-state index contributed by atoms with van der Waals surface area (Å²) in [7, 11) is 1.64. The minimum Gasteiger partial charge on any atom is -0.493 e. The molecule has 3 aromatic carbocycles. The molecule has 3 aromatic rings. The Morgan fingerprint density at radius 2 is 1.69 bits per heavy atom. The number of anilines is 1. The van der Waals surface area contributed by atoms with E-state index in [9.17, 15) is 0 Å². The van der Waals surface area contributed by atoms with Crippen LogP contribution in [0.1, 0.15) is 16.7 Å². The van der Waals surface area contributed by atoms with E-state index in [0.29, 0.717) is 18.1 Å². The van der Waals surface area contributed by atoms with Gasteiger partial charge in [-0.1, -0.05) is 48.5 Å². The van der Waals surface area contributed by atoms with Crippen molar-refractivity contribution in [2.75, 3.05) is 12.5 Å². The van der Waals surface area contributed by atoms with E-state index < -0.39 is 0 Å². The number of para-hydroxylation sites is 1. The van der Waals surface area contributed by atoms with Crippen molar-refractivity contribution < 1.29 is 9.47 Å². The molecule has 26 heavy (non-hydrogen) atoms. The topological polar surface area (TPSA) is 42.8 Å². The number of nitrogens with one attached hydrogen (secondary N) is 1. The van der Waals surface area contributed by atoms with Gasteiger partial charge in [0.2, 0.25) is 0 Å². The van der Waals surface area contributed by atoms with Crippen LogP contribution in [0.2, 0.25) is 0 Å². The second-order valence-electron chi connectivity index (χ2n) is 5.87. The van der Waals surface area contributed by atoms with Gasteiger partial charge in [0.1, 0.15) is 6.61 Å². The van der Waals surface area contributed by atoms with Crippen LogP contribution in [0.25, 0.3) is 0 Å². The third-order valence-electron chi connectivity index (χ3n) is 3.97. The van der Waals surface area contributed by atoms with Crippen LogP contribution in [0.3, 0.4) is 0 Å². The van der Waals surface area contributed by atoms with Crippen molar-refractivity contribution in [1.29, 1.82) is 0 Å². The first-order valence-corrected chi connectivity index (χ1v) is 8.46. The fraction of sp³-hybridized carbons (Fsp3) is 0.136. The van der Waals surface area contributed by atoms with Crippen molar-refractivity contribution in [2.24, 2.45) is 5.10 Å². The Morgan fingerprint density at radius 3 is 2.46 bits per heavy atom. The van der Waals surface area contributed by atoms with Gasteiger partial charge in [0.25, 0.3) is 0 Å². The van der Waals surface area contributed by atoms with Gasteiger partial charge in [-0.05, 0) is 47.9 Å². The first kappa shape index (κ1) is 17.5. The van der Waals surface area contributed by atoms with Gasteiger partial charge >= 0.3 is 0 Å². The van der Waals surface area contributed by atoms with Crippen LogP contribution in [-0.2, 0) is 6.61 Å². The number of hydrazone groups is 1. The van der Waals surface area contributed by atoms with E-state index in [2.05, 4.69) is 10.5 Å². The van der Waals surface area contributed by atoms with E-state index in [-0.39, 0.29) is 0 Å². The van der Waals surface area contributed by atoms with Gasteiger partial charge in [-0.2, -0.15) is 5.10 Å². The van der Waals surface area contributed by atoms with E-state index in [1.54, 1.807) is 13.3 Å². The zero-order chi connectivity index (χ0) is 18.2. The maximum Gasteiger partial charge on any atom is 0.162 e. The summed E-state index contributed by atoms with van der Waals surface area (Å²) in [6.45, 7) is 2.53. The maximum absolute atomic E-state index is 5.93. The summed E-state index contributed by atoms with van der Waals surface area (Å²) in [5.41, 5.74) is 7.23. The van der Waals surface area contributed by atoms with Crippen molar-refractivity contribution in [2.45, 2.75) is 13.5 Å². The monoisotopic (exact) mass is 346 g/mol. The molecule has 132 valence electrons. The lowest BCUT2D eigenvalue weighted by molar-refractivity contribution is 0.284. The molecule has 0 atom stereocenters. The van der Waals surface area contributed by atoms with Crippen molar-refractivity contribution in [3.63, 3.8) is 0 Å². The molecular weight excluding hydrogens is 324 g/mol. The highest BCUT2D eigenvalue weighted by Crippen LogP contribution is 2.28. The Kier molecular flexibility index (Phi) is 5.88. The van der Waals surface area contributed by atoms with Gasteiger partial charge in [0.15, 0.2) is 11.5 Å². The molecule has 3 rings (SSSR count). The predicted octanol–water partition coefficient (Wildman–Crippen LogP) is 5.03. The average Bonchev–Trinajstić information content (AvgIpc) is 2.69. The number of methoxy groups -OCH3 is 1. The number of hydrogen-bond acceptors (Lipinski definition) is 4. The lowest BCUT2D eigenvalue weighted by Crippen LogP contribution is -1.99. The molecule has 0 saturated carbocycles. The average molecular weight is 346 g/mol. The van der Waals surface area contributed by atoms with Crippen LogP contribution >= 0.6 is 0 Å². The van der Waals surface area contributed by atoms with E-state index >= 15 is 0 Å². The first-order valence-electron chi connectivity index (χ1n) is 8.46. The van der Waals surface area contributed by atoms with Crippen LogP contribution < -0.4 is 14.9 Å². The lowest BCUT2D eigenvalue weighted by Gasteiger charge is -2.11. The third kappa shape index (κ3) is 4.63. The fourth-order valence-corrected chi connectivity index (χ4v) is 2.50. The molecule has 0 saturated heterocycles. The Bertz CT molecular complexity index is 876. The van der Waals surface area contributed by atoms with Crippen LogP contribution in [0.5, 0.6) is 11.5 Å². The number of hydrogen-bond donors (Lipinski definition) is 1. The summed E-state index contributed by atoms with van der Waals surface area (Å²) in [4.78, 5) is 0. The minimum absolute atomic E-state index is 0.485. The molecule has 0 fully saturated rings. The molecule has 0 aromatic heterocycles. The van der Waals surface area contributed by atoms with Gasteiger partial charge in [-0.25, -0.2) is 0 Å². The molecule has 0 heterocycles. The quantitative estimate of drug-likeness (QED) is 0.482. The highest BCUT2D eigenvalue weighted by atomic mass is 16.5. The number of aryl methyl sites for hydroxylation is 1. The number of rotatable bonds is 7. The molecule has 0 amide bonds.